The molecule has 1 aliphatic carbocycles. The number of morpholine rings is 1. The predicted molar refractivity (Wildman–Crippen MR) is 91.0 cm³/mol. The molecule has 0 radical (unpaired) electrons. The summed E-state index contributed by atoms with van der Waals surface area (Å²) in [6.45, 7) is 5.26. The number of aryl methyl sites for hydroxylation is 2. The molecule has 24 heavy (non-hydrogen) atoms. The highest BCUT2D eigenvalue weighted by Gasteiger charge is 2.34. The number of ether oxygens (including phenoxy) is 1. The molecule has 5 heteroatoms. The van der Waals surface area contributed by atoms with Gasteiger partial charge in [0, 0.05) is 11.3 Å². The maximum Gasteiger partial charge on any atom is 0.275 e. The lowest BCUT2D eigenvalue weighted by molar-refractivity contribution is -0.0491. The van der Waals surface area contributed by atoms with Crippen molar-refractivity contribution in [3.63, 3.8) is 0 Å². The van der Waals surface area contributed by atoms with Crippen molar-refractivity contribution >= 4 is 5.91 Å². The van der Waals surface area contributed by atoms with E-state index in [2.05, 4.69) is 29.3 Å². The van der Waals surface area contributed by atoms with Gasteiger partial charge in [-0.05, 0) is 44.2 Å². The van der Waals surface area contributed by atoms with Crippen LogP contribution in [0, 0.1) is 6.92 Å². The number of carbonyl (C=O) groups excluding carboxylic acids is 1. The van der Waals surface area contributed by atoms with Gasteiger partial charge in [0.05, 0.1) is 19.2 Å². The van der Waals surface area contributed by atoms with Gasteiger partial charge in [0.25, 0.3) is 5.91 Å². The Bertz CT molecular complexity index is 768. The fourth-order valence-electron chi connectivity index (χ4n) is 3.81. The van der Waals surface area contributed by atoms with Crippen LogP contribution in [-0.4, -0.2) is 40.2 Å². The zero-order valence-corrected chi connectivity index (χ0v) is 14.2. The number of aromatic nitrogens is 2. The van der Waals surface area contributed by atoms with E-state index in [1.54, 1.807) is 0 Å². The minimum Gasteiger partial charge on any atom is -0.370 e. The molecule has 2 aromatic rings. The van der Waals surface area contributed by atoms with Crippen LogP contribution in [0.5, 0.6) is 0 Å². The van der Waals surface area contributed by atoms with Gasteiger partial charge in [0.2, 0.25) is 0 Å². The zero-order valence-electron chi connectivity index (χ0n) is 14.2. The molecular formula is C19H23N3O2. The van der Waals surface area contributed by atoms with Gasteiger partial charge in [-0.3, -0.25) is 9.89 Å². The largest absolute Gasteiger partial charge is 0.370 e. The number of hydrogen-bond acceptors (Lipinski definition) is 3. The van der Waals surface area contributed by atoms with Crippen molar-refractivity contribution in [2.45, 2.75) is 45.3 Å². The smallest absolute Gasteiger partial charge is 0.275 e. The number of rotatable bonds is 2. The molecule has 0 unspecified atom stereocenters. The minimum atomic E-state index is -0.0710. The Balaban J connectivity index is 1.59. The molecule has 5 nitrogen and oxygen atoms in total. The van der Waals surface area contributed by atoms with Gasteiger partial charge < -0.3 is 9.64 Å². The fraction of sp³-hybridized carbons (Fsp3) is 0.474. The van der Waals surface area contributed by atoms with Crippen molar-refractivity contribution in [3.05, 3.63) is 52.3 Å². The number of aromatic amines is 1. The fourth-order valence-corrected chi connectivity index (χ4v) is 3.81. The molecule has 4 rings (SSSR count). The highest BCUT2D eigenvalue weighted by molar-refractivity contribution is 5.94. The molecule has 2 heterocycles. The Labute approximate surface area is 142 Å². The van der Waals surface area contributed by atoms with Crippen LogP contribution in [0.1, 0.15) is 52.3 Å². The van der Waals surface area contributed by atoms with E-state index in [-0.39, 0.29) is 18.1 Å². The zero-order chi connectivity index (χ0) is 16.7. The van der Waals surface area contributed by atoms with Gasteiger partial charge in [-0.1, -0.05) is 24.3 Å². The molecule has 0 bridgehead atoms. The van der Waals surface area contributed by atoms with E-state index >= 15 is 0 Å². The second-order valence-corrected chi connectivity index (χ2v) is 6.87. The second-order valence-electron chi connectivity index (χ2n) is 6.87. The number of nitrogens with one attached hydrogen (secondary N) is 1. The number of H-pyrrole nitrogens is 1. The van der Waals surface area contributed by atoms with Crippen LogP contribution in [0.2, 0.25) is 0 Å². The Morgan fingerprint density at radius 3 is 3.00 bits per heavy atom. The lowest BCUT2D eigenvalue weighted by Gasteiger charge is -2.38. The Morgan fingerprint density at radius 2 is 2.17 bits per heavy atom. The first-order valence-electron chi connectivity index (χ1n) is 8.69. The number of amides is 1. The van der Waals surface area contributed by atoms with Crippen LogP contribution >= 0.6 is 0 Å². The molecule has 0 spiro atoms. The normalized spacial score (nSPS) is 23.3. The Hall–Kier alpha value is -2.14. The van der Waals surface area contributed by atoms with E-state index in [0.717, 1.165) is 36.1 Å². The van der Waals surface area contributed by atoms with Gasteiger partial charge in [-0.15, -0.1) is 0 Å². The summed E-state index contributed by atoms with van der Waals surface area (Å²) in [5, 5.41) is 7.35. The third-order valence-electron chi connectivity index (χ3n) is 5.24. The topological polar surface area (TPSA) is 58.2 Å². The first-order valence-corrected chi connectivity index (χ1v) is 8.69. The monoisotopic (exact) mass is 325 g/mol. The highest BCUT2D eigenvalue weighted by Crippen LogP contribution is 2.30. The van der Waals surface area contributed by atoms with E-state index in [9.17, 15) is 4.79 Å². The van der Waals surface area contributed by atoms with E-state index in [0.29, 0.717) is 18.8 Å². The van der Waals surface area contributed by atoms with Crippen LogP contribution in [0.3, 0.4) is 0 Å². The Morgan fingerprint density at radius 1 is 1.33 bits per heavy atom. The summed E-state index contributed by atoms with van der Waals surface area (Å²) in [7, 11) is 0. The number of nitrogens with zero attached hydrogens (tertiary/aromatic N) is 2. The van der Waals surface area contributed by atoms with Crippen LogP contribution < -0.4 is 0 Å². The van der Waals surface area contributed by atoms with Gasteiger partial charge >= 0.3 is 0 Å². The average Bonchev–Trinajstić information content (AvgIpc) is 3.19. The standard InChI is InChI=1S/C19H23N3O2/c1-12-6-3-4-7-14(12)17-10-22(13(2)11-24-17)19(23)18-15-8-5-9-16(15)20-21-18/h3-4,6-7,13,17H,5,8-11H2,1-2H3,(H,20,21)/t13-,17-/m0/s1. The molecule has 126 valence electrons. The summed E-state index contributed by atoms with van der Waals surface area (Å²) in [5.41, 5.74) is 5.22. The van der Waals surface area contributed by atoms with Crippen molar-refractivity contribution in [1.29, 1.82) is 0 Å². The first kappa shape index (κ1) is 15.4. The third kappa shape index (κ3) is 2.53. The van der Waals surface area contributed by atoms with Crippen molar-refractivity contribution in [3.8, 4) is 0 Å². The van der Waals surface area contributed by atoms with Gasteiger partial charge in [-0.2, -0.15) is 5.10 Å². The number of benzene rings is 1. The number of carbonyl (C=O) groups is 1. The summed E-state index contributed by atoms with van der Waals surface area (Å²) in [5.74, 6) is 0.0313. The van der Waals surface area contributed by atoms with Crippen molar-refractivity contribution < 1.29 is 9.53 Å². The molecule has 1 aromatic carbocycles. The predicted octanol–water partition coefficient (Wildman–Crippen LogP) is 2.81. The number of hydrogen-bond donors (Lipinski definition) is 1. The molecule has 1 saturated heterocycles. The van der Waals surface area contributed by atoms with E-state index < -0.39 is 0 Å². The molecule has 0 saturated carbocycles. The second kappa shape index (κ2) is 6.06. The van der Waals surface area contributed by atoms with Crippen LogP contribution in [0.15, 0.2) is 24.3 Å². The first-order chi connectivity index (χ1) is 11.6. The maximum absolute atomic E-state index is 13.1. The van der Waals surface area contributed by atoms with Crippen molar-refractivity contribution in [1.82, 2.24) is 15.1 Å². The molecule has 1 aromatic heterocycles. The molecular weight excluding hydrogens is 302 g/mol. The SMILES string of the molecule is Cc1ccccc1[C@@H]1CN(C(=O)c2n[nH]c3c2CCC3)[C@@H](C)CO1. The average molecular weight is 325 g/mol. The van der Waals surface area contributed by atoms with Crippen LogP contribution in [-0.2, 0) is 17.6 Å². The maximum atomic E-state index is 13.1. The summed E-state index contributed by atoms with van der Waals surface area (Å²) in [4.78, 5) is 15.0. The van der Waals surface area contributed by atoms with Crippen LogP contribution in [0.25, 0.3) is 0 Å². The summed E-state index contributed by atoms with van der Waals surface area (Å²) < 4.78 is 6.03. The quantitative estimate of drug-likeness (QED) is 0.924. The van der Waals surface area contributed by atoms with E-state index in [1.807, 2.05) is 24.0 Å². The molecule has 1 aliphatic heterocycles. The minimum absolute atomic E-state index is 0.0313. The third-order valence-corrected chi connectivity index (χ3v) is 5.24. The summed E-state index contributed by atoms with van der Waals surface area (Å²) >= 11 is 0. The molecule has 2 atom stereocenters. The molecule has 1 fully saturated rings. The lowest BCUT2D eigenvalue weighted by Crippen LogP contribution is -2.48. The van der Waals surface area contributed by atoms with Crippen molar-refractivity contribution in [2.24, 2.45) is 0 Å². The lowest BCUT2D eigenvalue weighted by atomic mass is 10.0. The molecule has 1 N–H and O–H groups in total. The number of fused-ring (bicyclic) bond motifs is 1. The van der Waals surface area contributed by atoms with Gasteiger partial charge in [0.15, 0.2) is 5.69 Å². The van der Waals surface area contributed by atoms with Gasteiger partial charge in [0.1, 0.15) is 6.10 Å². The van der Waals surface area contributed by atoms with E-state index in [1.165, 1.54) is 5.56 Å². The molecule has 1 amide bonds. The highest BCUT2D eigenvalue weighted by atomic mass is 16.5. The summed E-state index contributed by atoms with van der Waals surface area (Å²) in [6, 6.07) is 8.29. The van der Waals surface area contributed by atoms with E-state index in [4.69, 9.17) is 4.74 Å². The van der Waals surface area contributed by atoms with Gasteiger partial charge in [-0.25, -0.2) is 0 Å². The Kier molecular flexibility index (Phi) is 3.88. The van der Waals surface area contributed by atoms with Crippen molar-refractivity contribution in [2.75, 3.05) is 13.2 Å². The summed E-state index contributed by atoms with van der Waals surface area (Å²) in [6.07, 6.45) is 2.99. The molecule has 2 aliphatic rings. The van der Waals surface area contributed by atoms with Crippen LogP contribution in [0.4, 0.5) is 0 Å².